The number of likely N-dealkylation sites (N-methyl/N-ethyl adjacent to an activating group) is 1. The van der Waals surface area contributed by atoms with Crippen molar-refractivity contribution >= 4 is 5.96 Å². The summed E-state index contributed by atoms with van der Waals surface area (Å²) < 4.78 is 11.4. The molecule has 0 saturated carbocycles. The van der Waals surface area contributed by atoms with E-state index in [2.05, 4.69) is 59.4 Å². The zero-order valence-electron chi connectivity index (χ0n) is 18.4. The lowest BCUT2D eigenvalue weighted by Gasteiger charge is -2.19. The second-order valence-corrected chi connectivity index (χ2v) is 7.14. The van der Waals surface area contributed by atoms with Crippen LogP contribution in [0.25, 0.3) is 0 Å². The van der Waals surface area contributed by atoms with Crippen LogP contribution in [0.2, 0.25) is 0 Å². The number of hydrogen-bond acceptors (Lipinski definition) is 5. The first-order valence-electron chi connectivity index (χ1n) is 10.4. The van der Waals surface area contributed by atoms with Crippen molar-refractivity contribution in [3.8, 4) is 5.75 Å². The van der Waals surface area contributed by atoms with Gasteiger partial charge < -0.3 is 24.8 Å². The zero-order valence-corrected chi connectivity index (χ0v) is 18.4. The molecule has 2 rings (SSSR count). The van der Waals surface area contributed by atoms with Crippen LogP contribution < -0.4 is 15.4 Å². The smallest absolute Gasteiger partial charge is 0.191 e. The average molecular weight is 402 g/mol. The molecule has 1 heterocycles. The van der Waals surface area contributed by atoms with Crippen molar-refractivity contribution in [2.24, 2.45) is 4.99 Å². The summed E-state index contributed by atoms with van der Waals surface area (Å²) in [5, 5.41) is 10.7. The fraction of sp³-hybridized carbons (Fsp3) is 0.545. The molecule has 0 radical (unpaired) electrons. The summed E-state index contributed by atoms with van der Waals surface area (Å²) in [6.45, 7) is 13.3. The summed E-state index contributed by atoms with van der Waals surface area (Å²) in [6.07, 6.45) is 0. The summed E-state index contributed by atoms with van der Waals surface area (Å²) >= 11 is 0. The molecule has 0 aliphatic carbocycles. The van der Waals surface area contributed by atoms with E-state index in [1.807, 2.05) is 24.3 Å². The van der Waals surface area contributed by atoms with Crippen LogP contribution in [0.5, 0.6) is 5.75 Å². The Kier molecular flexibility index (Phi) is 9.50. The number of para-hydroxylation sites is 1. The second kappa shape index (κ2) is 12.1. The van der Waals surface area contributed by atoms with E-state index in [1.54, 1.807) is 7.05 Å². The van der Waals surface area contributed by atoms with Crippen LogP contribution in [0.3, 0.4) is 0 Å². The summed E-state index contributed by atoms with van der Waals surface area (Å²) in [5.74, 6) is 2.74. The highest BCUT2D eigenvalue weighted by atomic mass is 16.5. The molecule has 29 heavy (non-hydrogen) atoms. The van der Waals surface area contributed by atoms with Crippen molar-refractivity contribution in [3.05, 3.63) is 47.3 Å². The number of aliphatic imine (C=N–C) groups is 1. The van der Waals surface area contributed by atoms with Gasteiger partial charge in [0, 0.05) is 31.8 Å². The van der Waals surface area contributed by atoms with Gasteiger partial charge in [-0.2, -0.15) is 0 Å². The first kappa shape index (κ1) is 22.7. The maximum Gasteiger partial charge on any atom is 0.191 e. The maximum atomic E-state index is 6.03. The molecular formula is C22H35N5O2. The number of nitrogens with one attached hydrogen (secondary N) is 2. The Morgan fingerprint density at radius 2 is 1.90 bits per heavy atom. The average Bonchev–Trinajstić information content (AvgIpc) is 3.21. The predicted octanol–water partition coefficient (Wildman–Crippen LogP) is 3.38. The SMILES string of the molecule is CCN(CC)CCOc1ccccc1CNC(=NC)NCc1cc(C(C)C)no1. The van der Waals surface area contributed by atoms with Crippen LogP contribution in [0.1, 0.15) is 50.6 Å². The molecule has 0 fully saturated rings. The zero-order chi connectivity index (χ0) is 21.1. The fourth-order valence-electron chi connectivity index (χ4n) is 2.87. The van der Waals surface area contributed by atoms with E-state index in [0.717, 1.165) is 42.4 Å². The molecule has 0 atom stereocenters. The van der Waals surface area contributed by atoms with Crippen molar-refractivity contribution < 1.29 is 9.26 Å². The van der Waals surface area contributed by atoms with Crippen molar-refractivity contribution in [2.45, 2.75) is 46.7 Å². The fourth-order valence-corrected chi connectivity index (χ4v) is 2.87. The molecule has 0 unspecified atom stereocenters. The van der Waals surface area contributed by atoms with Gasteiger partial charge in [0.05, 0.1) is 12.2 Å². The summed E-state index contributed by atoms with van der Waals surface area (Å²) in [4.78, 5) is 6.63. The molecule has 160 valence electrons. The molecule has 2 N–H and O–H groups in total. The van der Waals surface area contributed by atoms with E-state index in [1.165, 1.54) is 0 Å². The maximum absolute atomic E-state index is 6.03. The van der Waals surface area contributed by atoms with E-state index in [4.69, 9.17) is 9.26 Å². The third-order valence-electron chi connectivity index (χ3n) is 4.80. The molecule has 1 aromatic carbocycles. The predicted molar refractivity (Wildman–Crippen MR) is 117 cm³/mol. The monoisotopic (exact) mass is 401 g/mol. The van der Waals surface area contributed by atoms with Crippen LogP contribution in [0, 0.1) is 0 Å². The minimum absolute atomic E-state index is 0.350. The van der Waals surface area contributed by atoms with Gasteiger partial charge in [-0.05, 0) is 25.1 Å². The minimum atomic E-state index is 0.350. The quantitative estimate of drug-likeness (QED) is 0.444. The van der Waals surface area contributed by atoms with E-state index in [0.29, 0.717) is 31.6 Å². The Labute approximate surface area is 174 Å². The molecule has 0 spiro atoms. The highest BCUT2D eigenvalue weighted by Crippen LogP contribution is 2.18. The highest BCUT2D eigenvalue weighted by Gasteiger charge is 2.09. The molecular weight excluding hydrogens is 366 g/mol. The van der Waals surface area contributed by atoms with Gasteiger partial charge in [-0.3, -0.25) is 4.99 Å². The Balaban J connectivity index is 1.85. The molecule has 7 heteroatoms. The van der Waals surface area contributed by atoms with Crippen LogP contribution in [0.15, 0.2) is 39.8 Å². The number of nitrogens with zero attached hydrogens (tertiary/aromatic N) is 3. The van der Waals surface area contributed by atoms with Crippen molar-refractivity contribution in [2.75, 3.05) is 33.3 Å². The third kappa shape index (κ3) is 7.42. The molecule has 0 aliphatic heterocycles. The van der Waals surface area contributed by atoms with Gasteiger partial charge in [0.2, 0.25) is 0 Å². The summed E-state index contributed by atoms with van der Waals surface area (Å²) in [7, 11) is 1.75. The molecule has 7 nitrogen and oxygen atoms in total. The van der Waals surface area contributed by atoms with Crippen LogP contribution in [-0.2, 0) is 13.1 Å². The highest BCUT2D eigenvalue weighted by molar-refractivity contribution is 5.79. The lowest BCUT2D eigenvalue weighted by atomic mass is 10.1. The van der Waals surface area contributed by atoms with Gasteiger partial charge in [0.15, 0.2) is 11.7 Å². The standard InChI is InChI=1S/C22H35N5O2/c1-6-27(7-2)12-13-28-21-11-9-8-10-18(21)15-24-22(23-5)25-16-19-14-20(17(3)4)26-29-19/h8-11,14,17H,6-7,12-13,15-16H2,1-5H3,(H2,23,24,25). The normalized spacial score (nSPS) is 11.9. The van der Waals surface area contributed by atoms with Gasteiger partial charge in [0.25, 0.3) is 0 Å². The Morgan fingerprint density at radius 3 is 2.55 bits per heavy atom. The van der Waals surface area contributed by atoms with Crippen LogP contribution in [-0.4, -0.2) is 49.3 Å². The van der Waals surface area contributed by atoms with Crippen molar-refractivity contribution in [3.63, 3.8) is 0 Å². The topological polar surface area (TPSA) is 74.9 Å². The van der Waals surface area contributed by atoms with E-state index in [-0.39, 0.29) is 0 Å². The molecule has 0 saturated heterocycles. The van der Waals surface area contributed by atoms with Gasteiger partial charge in [-0.25, -0.2) is 0 Å². The minimum Gasteiger partial charge on any atom is -0.492 e. The van der Waals surface area contributed by atoms with Crippen molar-refractivity contribution in [1.29, 1.82) is 0 Å². The molecule has 0 aliphatic rings. The number of guanidine groups is 1. The number of ether oxygens (including phenoxy) is 1. The van der Waals surface area contributed by atoms with E-state index >= 15 is 0 Å². The van der Waals surface area contributed by atoms with Crippen molar-refractivity contribution in [1.82, 2.24) is 20.7 Å². The Hall–Kier alpha value is -2.54. The molecule has 2 aromatic rings. The van der Waals surface area contributed by atoms with E-state index in [9.17, 15) is 0 Å². The van der Waals surface area contributed by atoms with Gasteiger partial charge >= 0.3 is 0 Å². The number of benzene rings is 1. The van der Waals surface area contributed by atoms with Gasteiger partial charge in [-0.1, -0.05) is 51.1 Å². The summed E-state index contributed by atoms with van der Waals surface area (Å²) in [5.41, 5.74) is 2.05. The second-order valence-electron chi connectivity index (χ2n) is 7.14. The number of hydrogen-bond donors (Lipinski definition) is 2. The first-order valence-corrected chi connectivity index (χ1v) is 10.4. The first-order chi connectivity index (χ1) is 14.1. The van der Waals surface area contributed by atoms with Crippen LogP contribution in [0.4, 0.5) is 0 Å². The van der Waals surface area contributed by atoms with Gasteiger partial charge in [-0.15, -0.1) is 0 Å². The molecule has 0 amide bonds. The Morgan fingerprint density at radius 1 is 1.17 bits per heavy atom. The number of rotatable bonds is 11. The van der Waals surface area contributed by atoms with Gasteiger partial charge in [0.1, 0.15) is 12.4 Å². The van der Waals surface area contributed by atoms with Crippen LogP contribution >= 0.6 is 0 Å². The van der Waals surface area contributed by atoms with E-state index < -0.39 is 0 Å². The number of aromatic nitrogens is 1. The molecule has 1 aromatic heterocycles. The largest absolute Gasteiger partial charge is 0.492 e. The lowest BCUT2D eigenvalue weighted by Crippen LogP contribution is -2.36. The Bertz CT molecular complexity index is 753. The summed E-state index contributed by atoms with van der Waals surface area (Å²) in [6, 6.07) is 10.1. The molecule has 0 bridgehead atoms. The third-order valence-corrected chi connectivity index (χ3v) is 4.80. The lowest BCUT2D eigenvalue weighted by molar-refractivity contribution is 0.221.